The zero-order chi connectivity index (χ0) is 21.7. The van der Waals surface area contributed by atoms with Gasteiger partial charge in [-0.3, -0.25) is 9.59 Å². The third kappa shape index (κ3) is 5.19. The van der Waals surface area contributed by atoms with Crippen LogP contribution in [0.15, 0.2) is 58.4 Å². The second kappa shape index (κ2) is 9.31. The highest BCUT2D eigenvalue weighted by Gasteiger charge is 2.16. The van der Waals surface area contributed by atoms with Gasteiger partial charge in [-0.15, -0.1) is 0 Å². The minimum Gasteiger partial charge on any atom is -0.468 e. The van der Waals surface area contributed by atoms with Gasteiger partial charge in [0.1, 0.15) is 12.4 Å². The topological polar surface area (TPSA) is 94.8 Å². The second-order valence-electron chi connectivity index (χ2n) is 6.40. The number of fused-ring (bicyclic) bond motifs is 1. The van der Waals surface area contributed by atoms with E-state index in [0.717, 1.165) is 22.3 Å². The van der Waals surface area contributed by atoms with E-state index < -0.39 is 27.5 Å². The number of para-hydroxylation sites is 1. The van der Waals surface area contributed by atoms with Gasteiger partial charge in [-0.25, -0.2) is 12.8 Å². The van der Waals surface area contributed by atoms with Gasteiger partial charge < -0.3 is 9.30 Å². The lowest BCUT2D eigenvalue weighted by atomic mass is 10.3. The lowest BCUT2D eigenvalue weighted by Crippen LogP contribution is -2.22. The van der Waals surface area contributed by atoms with E-state index in [1.807, 2.05) is 24.3 Å². The Balaban J connectivity index is 1.75. The average molecular weight is 451 g/mol. The zero-order valence-electron chi connectivity index (χ0n) is 16.1. The normalized spacial score (nSPS) is 12.3. The molecule has 1 heterocycles. The Morgan fingerprint density at radius 2 is 1.83 bits per heavy atom. The minimum atomic E-state index is -3.62. The van der Waals surface area contributed by atoms with Crippen LogP contribution in [0, 0.1) is 5.82 Å². The van der Waals surface area contributed by atoms with E-state index in [1.165, 1.54) is 30.6 Å². The Hall–Kier alpha value is -2.85. The van der Waals surface area contributed by atoms with Crippen LogP contribution in [0.4, 0.5) is 4.39 Å². The SMILES string of the molecule is COC(=O)Cn1c(=NC(=O)CCCS(=O)(=O)c2ccc(F)cc2)sc2ccccc21. The van der Waals surface area contributed by atoms with E-state index in [4.69, 9.17) is 4.74 Å². The van der Waals surface area contributed by atoms with E-state index in [9.17, 15) is 22.4 Å². The molecule has 0 fully saturated rings. The van der Waals surface area contributed by atoms with E-state index in [2.05, 4.69) is 4.99 Å². The molecular weight excluding hydrogens is 431 g/mol. The molecule has 0 saturated carbocycles. The van der Waals surface area contributed by atoms with Crippen LogP contribution in [-0.2, 0) is 30.7 Å². The Labute approximate surface area is 176 Å². The fourth-order valence-corrected chi connectivity index (χ4v) is 5.15. The number of aromatic nitrogens is 1. The summed E-state index contributed by atoms with van der Waals surface area (Å²) >= 11 is 1.26. The summed E-state index contributed by atoms with van der Waals surface area (Å²) in [6.45, 7) is -0.0917. The molecule has 3 rings (SSSR count). The quantitative estimate of drug-likeness (QED) is 0.407. The zero-order valence-corrected chi connectivity index (χ0v) is 17.7. The fourth-order valence-electron chi connectivity index (χ4n) is 2.79. The maximum atomic E-state index is 13.0. The highest BCUT2D eigenvalue weighted by Crippen LogP contribution is 2.17. The number of carbonyl (C=O) groups is 2. The van der Waals surface area contributed by atoms with E-state index >= 15 is 0 Å². The van der Waals surface area contributed by atoms with Gasteiger partial charge in [-0.05, 0) is 42.8 Å². The Kier molecular flexibility index (Phi) is 6.78. The number of carbonyl (C=O) groups excluding carboxylic acids is 2. The number of thiazole rings is 1. The van der Waals surface area contributed by atoms with Crippen LogP contribution in [0.5, 0.6) is 0 Å². The summed E-state index contributed by atoms with van der Waals surface area (Å²) in [5.74, 6) is -1.74. The molecule has 10 heteroatoms. The maximum absolute atomic E-state index is 13.0. The van der Waals surface area contributed by atoms with Crippen molar-refractivity contribution in [2.45, 2.75) is 24.3 Å². The summed E-state index contributed by atoms with van der Waals surface area (Å²) in [4.78, 5) is 28.5. The first kappa shape index (κ1) is 21.8. The third-order valence-corrected chi connectivity index (χ3v) is 7.18. The molecule has 0 spiro atoms. The van der Waals surface area contributed by atoms with Gasteiger partial charge in [0.2, 0.25) is 5.91 Å². The van der Waals surface area contributed by atoms with Crippen molar-refractivity contribution in [1.82, 2.24) is 4.57 Å². The van der Waals surface area contributed by atoms with Crippen molar-refractivity contribution in [3.63, 3.8) is 0 Å². The number of hydrogen-bond acceptors (Lipinski definition) is 6. The summed E-state index contributed by atoms with van der Waals surface area (Å²) in [6.07, 6.45) is -0.00314. The van der Waals surface area contributed by atoms with Crippen molar-refractivity contribution >= 4 is 43.3 Å². The van der Waals surface area contributed by atoms with Crippen molar-refractivity contribution < 1.29 is 27.1 Å². The predicted octanol–water partition coefficient (Wildman–Crippen LogP) is 2.70. The molecule has 0 aliphatic carbocycles. The number of benzene rings is 2. The fraction of sp³-hybridized carbons (Fsp3) is 0.250. The number of esters is 1. The number of methoxy groups -OCH3 is 1. The van der Waals surface area contributed by atoms with Crippen LogP contribution in [0.25, 0.3) is 10.2 Å². The van der Waals surface area contributed by atoms with Crippen molar-refractivity contribution in [3.8, 4) is 0 Å². The summed E-state index contributed by atoms with van der Waals surface area (Å²) in [6, 6.07) is 11.9. The lowest BCUT2D eigenvalue weighted by molar-refractivity contribution is -0.141. The van der Waals surface area contributed by atoms with E-state index in [1.54, 1.807) is 4.57 Å². The molecule has 0 N–H and O–H groups in total. The van der Waals surface area contributed by atoms with Crippen LogP contribution in [-0.4, -0.2) is 37.7 Å². The molecule has 30 heavy (non-hydrogen) atoms. The number of rotatable bonds is 7. The Bertz CT molecular complexity index is 1240. The summed E-state index contributed by atoms with van der Waals surface area (Å²) in [5.41, 5.74) is 0.748. The summed E-state index contributed by atoms with van der Waals surface area (Å²) in [5, 5.41) is 0. The number of halogens is 1. The van der Waals surface area contributed by atoms with Gasteiger partial charge in [0.25, 0.3) is 0 Å². The van der Waals surface area contributed by atoms with Gasteiger partial charge in [0.15, 0.2) is 14.6 Å². The molecule has 0 atom stereocenters. The number of nitrogens with zero attached hydrogens (tertiary/aromatic N) is 2. The number of amides is 1. The Morgan fingerprint density at radius 1 is 1.13 bits per heavy atom. The molecular formula is C20H19FN2O5S2. The first-order valence-electron chi connectivity index (χ1n) is 9.01. The van der Waals surface area contributed by atoms with Crippen LogP contribution < -0.4 is 4.80 Å². The number of sulfone groups is 1. The molecule has 158 valence electrons. The largest absolute Gasteiger partial charge is 0.468 e. The molecule has 1 aromatic heterocycles. The minimum absolute atomic E-state index is 0.00807. The highest BCUT2D eigenvalue weighted by atomic mass is 32.2. The molecule has 1 amide bonds. The van der Waals surface area contributed by atoms with Gasteiger partial charge >= 0.3 is 5.97 Å². The molecule has 0 bridgehead atoms. The number of hydrogen-bond donors (Lipinski definition) is 0. The van der Waals surface area contributed by atoms with Crippen LogP contribution >= 0.6 is 11.3 Å². The monoisotopic (exact) mass is 450 g/mol. The van der Waals surface area contributed by atoms with Crippen molar-refractivity contribution in [2.75, 3.05) is 12.9 Å². The number of ether oxygens (including phenoxy) is 1. The van der Waals surface area contributed by atoms with Crippen molar-refractivity contribution in [1.29, 1.82) is 0 Å². The average Bonchev–Trinajstić information content (AvgIpc) is 3.05. The van der Waals surface area contributed by atoms with Gasteiger partial charge in [0, 0.05) is 6.42 Å². The molecule has 0 unspecified atom stereocenters. The first-order valence-corrected chi connectivity index (χ1v) is 11.5. The summed E-state index contributed by atoms with van der Waals surface area (Å²) in [7, 11) is -2.34. The molecule has 0 aliphatic rings. The second-order valence-corrected chi connectivity index (χ2v) is 9.51. The molecule has 7 nitrogen and oxygen atoms in total. The van der Waals surface area contributed by atoms with Gasteiger partial charge in [-0.2, -0.15) is 4.99 Å². The summed E-state index contributed by atoms with van der Waals surface area (Å²) < 4.78 is 44.7. The van der Waals surface area contributed by atoms with E-state index in [-0.39, 0.29) is 30.0 Å². The van der Waals surface area contributed by atoms with Gasteiger partial charge in [0.05, 0.1) is 28.0 Å². The highest BCUT2D eigenvalue weighted by molar-refractivity contribution is 7.91. The van der Waals surface area contributed by atoms with Crippen molar-refractivity contribution in [3.05, 3.63) is 59.1 Å². The van der Waals surface area contributed by atoms with Crippen molar-refractivity contribution in [2.24, 2.45) is 4.99 Å². The standard InChI is InChI=1S/C20H19FN2O5S2/c1-28-19(25)13-23-16-5-2-3-6-17(16)29-20(23)22-18(24)7-4-12-30(26,27)15-10-8-14(21)9-11-15/h2-3,5-6,8-11H,4,7,12-13H2,1H3. The molecule has 0 aliphatic heterocycles. The third-order valence-electron chi connectivity index (χ3n) is 4.30. The maximum Gasteiger partial charge on any atom is 0.325 e. The Morgan fingerprint density at radius 3 is 2.53 bits per heavy atom. The first-order chi connectivity index (χ1) is 14.3. The molecule has 0 radical (unpaired) electrons. The van der Waals surface area contributed by atoms with Crippen LogP contribution in [0.1, 0.15) is 12.8 Å². The molecule has 2 aromatic carbocycles. The smallest absolute Gasteiger partial charge is 0.325 e. The molecule has 0 saturated heterocycles. The molecule has 3 aromatic rings. The lowest BCUT2D eigenvalue weighted by Gasteiger charge is -2.04. The van der Waals surface area contributed by atoms with E-state index in [0.29, 0.717) is 4.80 Å². The van der Waals surface area contributed by atoms with Gasteiger partial charge in [-0.1, -0.05) is 23.5 Å². The van der Waals surface area contributed by atoms with Crippen LogP contribution in [0.3, 0.4) is 0 Å². The van der Waals surface area contributed by atoms with Crippen LogP contribution in [0.2, 0.25) is 0 Å². The predicted molar refractivity (Wildman–Crippen MR) is 110 cm³/mol.